The summed E-state index contributed by atoms with van der Waals surface area (Å²) < 4.78 is 7.31. The maximum absolute atomic E-state index is 6.38. The molecule has 1 saturated heterocycles. The number of morpholine rings is 1. The summed E-state index contributed by atoms with van der Waals surface area (Å²) in [6.45, 7) is 5.39. The summed E-state index contributed by atoms with van der Waals surface area (Å²) in [5, 5.41) is 6.45. The first kappa shape index (κ1) is 18.7. The number of rotatable bonds is 7. The lowest BCUT2D eigenvalue weighted by Crippen LogP contribution is -2.37. The molecule has 0 spiro atoms. The van der Waals surface area contributed by atoms with Gasteiger partial charge in [0.25, 0.3) is 0 Å². The molecule has 3 aromatic rings. The third-order valence-electron chi connectivity index (χ3n) is 4.63. The maximum Gasteiger partial charge on any atom is 0.191 e. The van der Waals surface area contributed by atoms with Gasteiger partial charge in [0.15, 0.2) is 10.8 Å². The number of ether oxygens (including phenoxy) is 1. The Balaban J connectivity index is 1.42. The van der Waals surface area contributed by atoms with Gasteiger partial charge < -0.3 is 4.74 Å². The van der Waals surface area contributed by atoms with Crippen LogP contribution in [0.15, 0.2) is 41.7 Å². The van der Waals surface area contributed by atoms with Gasteiger partial charge >= 0.3 is 0 Å². The predicted octanol–water partition coefficient (Wildman–Crippen LogP) is 3.15. The molecule has 0 radical (unpaired) electrons. The van der Waals surface area contributed by atoms with Crippen molar-refractivity contribution >= 4 is 34.4 Å². The summed E-state index contributed by atoms with van der Waals surface area (Å²) >= 11 is 8.01. The maximum atomic E-state index is 6.38. The number of hydrogen-bond donors (Lipinski definition) is 0. The van der Waals surface area contributed by atoms with E-state index in [2.05, 4.69) is 39.2 Å². The normalized spacial score (nSPS) is 15.4. The van der Waals surface area contributed by atoms with Gasteiger partial charge in [-0.3, -0.25) is 4.90 Å². The number of halogens is 1. The highest BCUT2D eigenvalue weighted by Gasteiger charge is 2.14. The van der Waals surface area contributed by atoms with Crippen LogP contribution in [0.5, 0.6) is 0 Å². The van der Waals surface area contributed by atoms with Crippen LogP contribution in [0.2, 0.25) is 5.15 Å². The van der Waals surface area contributed by atoms with Crippen LogP contribution in [0.25, 0.3) is 11.0 Å². The Morgan fingerprint density at radius 2 is 1.89 bits per heavy atom. The van der Waals surface area contributed by atoms with Crippen LogP contribution in [-0.2, 0) is 17.7 Å². The van der Waals surface area contributed by atoms with Gasteiger partial charge in [-0.2, -0.15) is 5.10 Å². The van der Waals surface area contributed by atoms with Gasteiger partial charge in [0.1, 0.15) is 5.15 Å². The second-order valence-electron chi connectivity index (χ2n) is 6.44. The summed E-state index contributed by atoms with van der Waals surface area (Å²) in [5.41, 5.74) is 2.08. The Morgan fingerprint density at radius 1 is 1.07 bits per heavy atom. The first-order valence-corrected chi connectivity index (χ1v) is 10.5. The van der Waals surface area contributed by atoms with Gasteiger partial charge in [0.2, 0.25) is 0 Å². The lowest BCUT2D eigenvalue weighted by atomic mass is 10.1. The largest absolute Gasteiger partial charge is 0.379 e. The van der Waals surface area contributed by atoms with Crippen molar-refractivity contribution in [2.45, 2.75) is 18.1 Å². The third kappa shape index (κ3) is 4.79. The van der Waals surface area contributed by atoms with Crippen LogP contribution < -0.4 is 0 Å². The second-order valence-corrected chi connectivity index (χ2v) is 7.86. The van der Waals surface area contributed by atoms with E-state index in [-0.39, 0.29) is 0 Å². The van der Waals surface area contributed by atoms with Crippen molar-refractivity contribution in [3.63, 3.8) is 0 Å². The molecule has 1 fully saturated rings. The smallest absolute Gasteiger partial charge is 0.191 e. The molecule has 6 nitrogen and oxygen atoms in total. The lowest BCUT2D eigenvalue weighted by molar-refractivity contribution is 0.0410. The van der Waals surface area contributed by atoms with E-state index in [4.69, 9.17) is 21.3 Å². The van der Waals surface area contributed by atoms with Crippen LogP contribution in [0.3, 0.4) is 0 Å². The molecule has 142 valence electrons. The minimum atomic E-state index is 0.472. The zero-order valence-corrected chi connectivity index (χ0v) is 16.6. The highest BCUT2D eigenvalue weighted by atomic mass is 35.5. The Kier molecular flexibility index (Phi) is 6.24. The number of aryl methyl sites for hydroxylation is 2. The summed E-state index contributed by atoms with van der Waals surface area (Å²) in [5.74, 6) is 0.931. The van der Waals surface area contributed by atoms with Crippen molar-refractivity contribution in [2.24, 2.45) is 0 Å². The minimum Gasteiger partial charge on any atom is -0.379 e. The molecule has 2 aromatic heterocycles. The van der Waals surface area contributed by atoms with E-state index in [0.29, 0.717) is 10.3 Å². The highest BCUT2D eigenvalue weighted by Crippen LogP contribution is 2.24. The summed E-state index contributed by atoms with van der Waals surface area (Å²) in [6, 6.07) is 10.4. The van der Waals surface area contributed by atoms with E-state index in [1.54, 1.807) is 18.0 Å². The van der Waals surface area contributed by atoms with E-state index in [1.807, 2.05) is 10.7 Å². The quantitative estimate of drug-likeness (QED) is 0.343. The van der Waals surface area contributed by atoms with Crippen molar-refractivity contribution in [3.05, 3.63) is 47.2 Å². The average molecular weight is 404 g/mol. The molecule has 0 N–H and O–H groups in total. The lowest BCUT2D eigenvalue weighted by Gasteiger charge is -2.26. The third-order valence-corrected chi connectivity index (χ3v) is 5.74. The van der Waals surface area contributed by atoms with E-state index < -0.39 is 0 Å². The Bertz CT molecular complexity index is 882. The van der Waals surface area contributed by atoms with Gasteiger partial charge in [-0.1, -0.05) is 53.7 Å². The molecule has 8 heteroatoms. The molecule has 27 heavy (non-hydrogen) atoms. The summed E-state index contributed by atoms with van der Waals surface area (Å²) in [7, 11) is 0. The van der Waals surface area contributed by atoms with Crippen molar-refractivity contribution < 1.29 is 4.74 Å². The summed E-state index contributed by atoms with van der Waals surface area (Å²) in [4.78, 5) is 11.6. The van der Waals surface area contributed by atoms with E-state index in [9.17, 15) is 0 Å². The molecule has 0 amide bonds. The fourth-order valence-electron chi connectivity index (χ4n) is 3.10. The SMILES string of the molecule is Clc1nc(SCCN2CCOCC2)nc2c1cnn2CCc1ccccc1. The molecule has 0 saturated carbocycles. The molecule has 0 unspecified atom stereocenters. The molecule has 3 heterocycles. The number of nitrogens with zero attached hydrogens (tertiary/aromatic N) is 5. The number of thioether (sulfide) groups is 1. The Hall–Kier alpha value is -1.67. The topological polar surface area (TPSA) is 56.1 Å². The number of aromatic nitrogens is 4. The molecule has 0 atom stereocenters. The highest BCUT2D eigenvalue weighted by molar-refractivity contribution is 7.99. The molecule has 1 aromatic carbocycles. The van der Waals surface area contributed by atoms with Crippen LogP contribution in [0.4, 0.5) is 0 Å². The van der Waals surface area contributed by atoms with Crippen molar-refractivity contribution in [2.75, 3.05) is 38.6 Å². The Morgan fingerprint density at radius 3 is 2.70 bits per heavy atom. The van der Waals surface area contributed by atoms with Crippen molar-refractivity contribution in [3.8, 4) is 0 Å². The van der Waals surface area contributed by atoms with Crippen LogP contribution in [0.1, 0.15) is 5.56 Å². The molecule has 0 aliphatic carbocycles. The Labute approximate surface area is 167 Å². The van der Waals surface area contributed by atoms with Gasteiger partial charge in [-0.05, 0) is 12.0 Å². The van der Waals surface area contributed by atoms with Crippen LogP contribution >= 0.6 is 23.4 Å². The van der Waals surface area contributed by atoms with Crippen LogP contribution in [-0.4, -0.2) is 63.2 Å². The van der Waals surface area contributed by atoms with Gasteiger partial charge in [-0.25, -0.2) is 14.6 Å². The number of benzene rings is 1. The van der Waals surface area contributed by atoms with Gasteiger partial charge in [-0.15, -0.1) is 0 Å². The average Bonchev–Trinajstić information content (AvgIpc) is 3.12. The molecule has 1 aliphatic rings. The zero-order valence-electron chi connectivity index (χ0n) is 15.1. The molecular formula is C19H22ClN5OS. The van der Waals surface area contributed by atoms with Crippen molar-refractivity contribution in [1.82, 2.24) is 24.6 Å². The van der Waals surface area contributed by atoms with Gasteiger partial charge in [0.05, 0.1) is 24.8 Å². The van der Waals surface area contributed by atoms with Crippen LogP contribution in [0, 0.1) is 0 Å². The zero-order chi connectivity index (χ0) is 18.5. The van der Waals surface area contributed by atoms with E-state index in [1.165, 1.54) is 5.56 Å². The first-order chi connectivity index (χ1) is 13.3. The number of hydrogen-bond acceptors (Lipinski definition) is 6. The molecule has 1 aliphatic heterocycles. The second kappa shape index (κ2) is 9.01. The first-order valence-electron chi connectivity index (χ1n) is 9.15. The van der Waals surface area contributed by atoms with E-state index >= 15 is 0 Å². The molecule has 4 rings (SSSR count). The predicted molar refractivity (Wildman–Crippen MR) is 108 cm³/mol. The van der Waals surface area contributed by atoms with E-state index in [0.717, 1.165) is 62.6 Å². The fraction of sp³-hybridized carbons (Fsp3) is 0.421. The van der Waals surface area contributed by atoms with Gasteiger partial charge in [0, 0.05) is 31.9 Å². The monoisotopic (exact) mass is 403 g/mol. The molecular weight excluding hydrogens is 382 g/mol. The standard InChI is InChI=1S/C19H22ClN5OS/c20-17-16-14-21-25(7-6-15-4-2-1-3-5-15)18(16)23-19(22-17)27-13-10-24-8-11-26-12-9-24/h1-5,14H,6-13H2. The molecule has 0 bridgehead atoms. The fourth-order valence-corrected chi connectivity index (χ4v) is 4.20. The summed E-state index contributed by atoms with van der Waals surface area (Å²) in [6.07, 6.45) is 2.66. The van der Waals surface area contributed by atoms with Crippen molar-refractivity contribution in [1.29, 1.82) is 0 Å². The number of fused-ring (bicyclic) bond motifs is 1. The minimum absolute atomic E-state index is 0.472.